The third-order valence-corrected chi connectivity index (χ3v) is 3.76. The van der Waals surface area contributed by atoms with Crippen LogP contribution < -0.4 is 0 Å². The highest BCUT2D eigenvalue weighted by Gasteiger charge is 2.19. The number of hydrogen-bond donors (Lipinski definition) is 0. The van der Waals surface area contributed by atoms with Gasteiger partial charge in [0, 0.05) is 37.3 Å². The van der Waals surface area contributed by atoms with E-state index in [0.717, 1.165) is 31.3 Å². The van der Waals surface area contributed by atoms with Crippen LogP contribution in [0.4, 0.5) is 0 Å². The standard InChI is InChI=1S/C13H22ClN3/c1-2-17-11-13(8-15-17)10-16-7-3-4-12(9-16)5-6-14/h8,11-12H,2-7,9-10H2,1H3. The van der Waals surface area contributed by atoms with E-state index in [0.29, 0.717) is 0 Å². The predicted octanol–water partition coefficient (Wildman–Crippen LogP) is 2.74. The molecule has 3 nitrogen and oxygen atoms in total. The molecule has 1 fully saturated rings. The lowest BCUT2D eigenvalue weighted by Gasteiger charge is -2.32. The summed E-state index contributed by atoms with van der Waals surface area (Å²) in [6, 6.07) is 0. The van der Waals surface area contributed by atoms with Crippen molar-refractivity contribution < 1.29 is 0 Å². The smallest absolute Gasteiger partial charge is 0.0534 e. The maximum Gasteiger partial charge on any atom is 0.0534 e. The van der Waals surface area contributed by atoms with E-state index in [1.165, 1.54) is 31.5 Å². The van der Waals surface area contributed by atoms with E-state index in [-0.39, 0.29) is 0 Å². The molecular weight excluding hydrogens is 234 g/mol. The highest BCUT2D eigenvalue weighted by molar-refractivity contribution is 6.17. The molecule has 4 heteroatoms. The highest BCUT2D eigenvalue weighted by Crippen LogP contribution is 2.21. The number of alkyl halides is 1. The fraction of sp³-hybridized carbons (Fsp3) is 0.769. The van der Waals surface area contributed by atoms with E-state index in [1.807, 2.05) is 10.9 Å². The summed E-state index contributed by atoms with van der Waals surface area (Å²) in [5, 5.41) is 4.32. The molecule has 0 amide bonds. The van der Waals surface area contributed by atoms with Crippen LogP contribution in [0.1, 0.15) is 31.7 Å². The van der Waals surface area contributed by atoms with Crippen molar-refractivity contribution in [3.8, 4) is 0 Å². The van der Waals surface area contributed by atoms with Gasteiger partial charge in [0.25, 0.3) is 0 Å². The summed E-state index contributed by atoms with van der Waals surface area (Å²) >= 11 is 5.83. The molecule has 0 N–H and O–H groups in total. The number of nitrogens with zero attached hydrogens (tertiary/aromatic N) is 3. The monoisotopic (exact) mass is 255 g/mol. The summed E-state index contributed by atoms with van der Waals surface area (Å²) in [5.41, 5.74) is 1.33. The molecule has 96 valence electrons. The Labute approximate surface area is 109 Å². The summed E-state index contributed by atoms with van der Waals surface area (Å²) in [6.45, 7) is 6.53. The number of likely N-dealkylation sites (tertiary alicyclic amines) is 1. The van der Waals surface area contributed by atoms with Crippen LogP contribution >= 0.6 is 11.6 Å². The Bertz CT molecular complexity index is 335. The molecule has 1 aromatic heterocycles. The molecule has 0 aromatic carbocycles. The Hall–Kier alpha value is -0.540. The normalized spacial score (nSPS) is 21.9. The number of halogens is 1. The fourth-order valence-corrected chi connectivity index (χ4v) is 2.91. The second kappa shape index (κ2) is 6.41. The average Bonchev–Trinajstić information content (AvgIpc) is 2.78. The minimum Gasteiger partial charge on any atom is -0.299 e. The Morgan fingerprint density at radius 2 is 2.41 bits per heavy atom. The summed E-state index contributed by atoms with van der Waals surface area (Å²) < 4.78 is 2.00. The molecule has 0 radical (unpaired) electrons. The van der Waals surface area contributed by atoms with Gasteiger partial charge in [0.2, 0.25) is 0 Å². The topological polar surface area (TPSA) is 21.1 Å². The van der Waals surface area contributed by atoms with E-state index in [9.17, 15) is 0 Å². The van der Waals surface area contributed by atoms with Gasteiger partial charge in [-0.1, -0.05) is 0 Å². The highest BCUT2D eigenvalue weighted by atomic mass is 35.5. The zero-order valence-corrected chi connectivity index (χ0v) is 11.4. The van der Waals surface area contributed by atoms with Crippen LogP contribution in [0.15, 0.2) is 12.4 Å². The largest absolute Gasteiger partial charge is 0.299 e. The van der Waals surface area contributed by atoms with E-state index in [2.05, 4.69) is 23.1 Å². The molecule has 1 unspecified atom stereocenters. The van der Waals surface area contributed by atoms with Crippen molar-refractivity contribution in [1.29, 1.82) is 0 Å². The molecule has 1 aliphatic rings. The molecule has 2 heterocycles. The van der Waals surface area contributed by atoms with E-state index in [4.69, 9.17) is 11.6 Å². The molecule has 1 aromatic rings. The molecule has 1 aliphatic heterocycles. The molecule has 1 atom stereocenters. The Morgan fingerprint density at radius 3 is 3.12 bits per heavy atom. The molecule has 0 aliphatic carbocycles. The molecule has 17 heavy (non-hydrogen) atoms. The SMILES string of the molecule is CCn1cc(CN2CCCC(CCCl)C2)cn1. The molecule has 0 bridgehead atoms. The minimum absolute atomic E-state index is 0.794. The second-order valence-electron chi connectivity index (χ2n) is 4.93. The number of rotatable bonds is 5. The Balaban J connectivity index is 1.85. The fourth-order valence-electron chi connectivity index (χ4n) is 2.60. The van der Waals surface area contributed by atoms with Crippen molar-refractivity contribution in [3.63, 3.8) is 0 Å². The van der Waals surface area contributed by atoms with Gasteiger partial charge >= 0.3 is 0 Å². The van der Waals surface area contributed by atoms with Crippen LogP contribution in [0, 0.1) is 5.92 Å². The van der Waals surface area contributed by atoms with Gasteiger partial charge in [0.05, 0.1) is 6.20 Å². The van der Waals surface area contributed by atoms with Crippen molar-refractivity contribution in [3.05, 3.63) is 18.0 Å². The summed E-state index contributed by atoms with van der Waals surface area (Å²) in [6.07, 6.45) is 7.97. The van der Waals surface area contributed by atoms with Crippen LogP contribution in [0.5, 0.6) is 0 Å². The predicted molar refractivity (Wildman–Crippen MR) is 71.2 cm³/mol. The number of aryl methyl sites for hydroxylation is 1. The molecular formula is C13H22ClN3. The lowest BCUT2D eigenvalue weighted by Crippen LogP contribution is -2.34. The Morgan fingerprint density at radius 1 is 1.53 bits per heavy atom. The zero-order valence-electron chi connectivity index (χ0n) is 10.6. The quantitative estimate of drug-likeness (QED) is 0.755. The third kappa shape index (κ3) is 3.71. The van der Waals surface area contributed by atoms with Gasteiger partial charge in [-0.05, 0) is 38.6 Å². The van der Waals surface area contributed by atoms with Crippen LogP contribution in [0.2, 0.25) is 0 Å². The molecule has 0 spiro atoms. The van der Waals surface area contributed by atoms with Crippen LogP contribution in [-0.2, 0) is 13.1 Å². The van der Waals surface area contributed by atoms with Crippen molar-refractivity contribution >= 4 is 11.6 Å². The van der Waals surface area contributed by atoms with Crippen LogP contribution in [0.3, 0.4) is 0 Å². The van der Waals surface area contributed by atoms with Gasteiger partial charge in [-0.2, -0.15) is 5.10 Å². The summed E-state index contributed by atoms with van der Waals surface area (Å²) in [7, 11) is 0. The van der Waals surface area contributed by atoms with E-state index >= 15 is 0 Å². The summed E-state index contributed by atoms with van der Waals surface area (Å²) in [4.78, 5) is 2.54. The van der Waals surface area contributed by atoms with Gasteiger partial charge in [-0.3, -0.25) is 9.58 Å². The van der Waals surface area contributed by atoms with Crippen molar-refractivity contribution in [1.82, 2.24) is 14.7 Å². The van der Waals surface area contributed by atoms with Crippen LogP contribution in [0.25, 0.3) is 0 Å². The average molecular weight is 256 g/mol. The first kappa shape index (κ1) is 12.9. The first-order chi connectivity index (χ1) is 8.31. The van der Waals surface area contributed by atoms with Crippen molar-refractivity contribution in [2.75, 3.05) is 19.0 Å². The summed E-state index contributed by atoms with van der Waals surface area (Å²) in [5.74, 6) is 1.59. The van der Waals surface area contributed by atoms with Gasteiger partial charge in [-0.15, -0.1) is 11.6 Å². The first-order valence-corrected chi connectivity index (χ1v) is 7.15. The maximum absolute atomic E-state index is 5.83. The van der Waals surface area contributed by atoms with E-state index < -0.39 is 0 Å². The number of hydrogen-bond acceptors (Lipinski definition) is 2. The molecule has 0 saturated carbocycles. The van der Waals surface area contributed by atoms with Gasteiger partial charge in [-0.25, -0.2) is 0 Å². The number of piperidine rings is 1. The maximum atomic E-state index is 5.83. The van der Waals surface area contributed by atoms with Crippen molar-refractivity contribution in [2.24, 2.45) is 5.92 Å². The second-order valence-corrected chi connectivity index (χ2v) is 5.30. The zero-order chi connectivity index (χ0) is 12.1. The lowest BCUT2D eigenvalue weighted by atomic mass is 9.95. The molecule has 2 rings (SSSR count). The molecule has 1 saturated heterocycles. The number of aromatic nitrogens is 2. The minimum atomic E-state index is 0.794. The van der Waals surface area contributed by atoms with Gasteiger partial charge < -0.3 is 0 Å². The van der Waals surface area contributed by atoms with Crippen molar-refractivity contribution in [2.45, 2.75) is 39.3 Å². The van der Waals surface area contributed by atoms with Gasteiger partial charge in [0.15, 0.2) is 0 Å². The van der Waals surface area contributed by atoms with Crippen LogP contribution in [-0.4, -0.2) is 33.6 Å². The third-order valence-electron chi connectivity index (χ3n) is 3.54. The van der Waals surface area contributed by atoms with Gasteiger partial charge in [0.1, 0.15) is 0 Å². The lowest BCUT2D eigenvalue weighted by molar-refractivity contribution is 0.165. The Kier molecular flexibility index (Phi) is 4.86. The first-order valence-electron chi connectivity index (χ1n) is 6.61. The van der Waals surface area contributed by atoms with E-state index in [1.54, 1.807) is 0 Å².